The number of nitro groups is 1. The van der Waals surface area contributed by atoms with Crippen LogP contribution in [-0.2, 0) is 20.9 Å². The summed E-state index contributed by atoms with van der Waals surface area (Å²) in [6, 6.07) is 2.60. The Labute approximate surface area is 116 Å². The van der Waals surface area contributed by atoms with Gasteiger partial charge in [0.15, 0.2) is 0 Å². The number of esters is 2. The van der Waals surface area contributed by atoms with Crippen molar-refractivity contribution in [1.82, 2.24) is 0 Å². The van der Waals surface area contributed by atoms with Crippen molar-refractivity contribution in [3.05, 3.63) is 37.8 Å². The van der Waals surface area contributed by atoms with E-state index in [1.165, 1.54) is 19.1 Å². The van der Waals surface area contributed by atoms with Gasteiger partial charge in [0.2, 0.25) is 0 Å². The fourth-order valence-electron chi connectivity index (χ4n) is 1.40. The molecule has 0 amide bonds. The van der Waals surface area contributed by atoms with E-state index in [1.54, 1.807) is 0 Å². The van der Waals surface area contributed by atoms with E-state index >= 15 is 0 Å². The molecule has 0 N–H and O–H groups in total. The van der Waals surface area contributed by atoms with E-state index in [1.807, 2.05) is 0 Å². The van der Waals surface area contributed by atoms with Crippen molar-refractivity contribution in [3.8, 4) is 0 Å². The molecule has 0 atom stereocenters. The average molecular weight is 332 g/mol. The molecule has 0 aliphatic heterocycles. The third-order valence-electron chi connectivity index (χ3n) is 2.21. The van der Waals surface area contributed by atoms with E-state index in [-0.39, 0.29) is 23.4 Å². The zero-order valence-corrected chi connectivity index (χ0v) is 11.7. The maximum absolute atomic E-state index is 11.6. The minimum Gasteiger partial charge on any atom is -0.465 e. The van der Waals surface area contributed by atoms with E-state index in [9.17, 15) is 19.7 Å². The topological polar surface area (TPSA) is 95.7 Å². The van der Waals surface area contributed by atoms with Gasteiger partial charge < -0.3 is 9.47 Å². The minimum absolute atomic E-state index is 0.00440. The molecule has 0 aromatic heterocycles. The van der Waals surface area contributed by atoms with Crippen LogP contribution in [-0.4, -0.2) is 24.0 Å². The minimum atomic E-state index is -0.744. The summed E-state index contributed by atoms with van der Waals surface area (Å²) in [6.07, 6.45) is 0. The van der Waals surface area contributed by atoms with E-state index in [2.05, 4.69) is 20.7 Å². The molecule has 0 spiro atoms. The predicted molar refractivity (Wildman–Crippen MR) is 67.6 cm³/mol. The third kappa shape index (κ3) is 3.75. The highest BCUT2D eigenvalue weighted by molar-refractivity contribution is 9.10. The fraction of sp³-hybridized carbons (Fsp3) is 0.273. The molecule has 0 fully saturated rings. The Bertz CT molecular complexity index is 542. The molecular formula is C11H10BrNO6. The maximum Gasteiger partial charge on any atom is 0.338 e. The number of hydrogen-bond acceptors (Lipinski definition) is 6. The Morgan fingerprint density at radius 2 is 2.05 bits per heavy atom. The van der Waals surface area contributed by atoms with Crippen molar-refractivity contribution in [2.45, 2.75) is 13.5 Å². The van der Waals surface area contributed by atoms with Crippen molar-refractivity contribution in [3.63, 3.8) is 0 Å². The summed E-state index contributed by atoms with van der Waals surface area (Å²) < 4.78 is 9.63. The summed E-state index contributed by atoms with van der Waals surface area (Å²) in [6.45, 7) is 0.797. The van der Waals surface area contributed by atoms with Gasteiger partial charge in [-0.3, -0.25) is 14.9 Å². The number of carbonyl (C=O) groups excluding carboxylic acids is 2. The number of halogens is 1. The van der Waals surface area contributed by atoms with Crippen LogP contribution in [0, 0.1) is 10.1 Å². The van der Waals surface area contributed by atoms with Crippen molar-refractivity contribution in [2.75, 3.05) is 7.11 Å². The summed E-state index contributed by atoms with van der Waals surface area (Å²) >= 11 is 3.07. The summed E-state index contributed by atoms with van der Waals surface area (Å²) in [5, 5.41) is 11.0. The Balaban J connectivity index is 3.37. The summed E-state index contributed by atoms with van der Waals surface area (Å²) in [5.74, 6) is -1.35. The maximum atomic E-state index is 11.6. The normalized spacial score (nSPS) is 9.84. The van der Waals surface area contributed by atoms with E-state index < -0.39 is 16.9 Å². The van der Waals surface area contributed by atoms with Crippen molar-refractivity contribution in [2.24, 2.45) is 0 Å². The first-order chi connectivity index (χ1) is 8.86. The Morgan fingerprint density at radius 3 is 2.53 bits per heavy atom. The second-order valence-corrected chi connectivity index (χ2v) is 4.40. The highest BCUT2D eigenvalue weighted by Gasteiger charge is 2.24. The van der Waals surface area contributed by atoms with Crippen LogP contribution < -0.4 is 0 Å². The molecule has 8 heteroatoms. The van der Waals surface area contributed by atoms with Gasteiger partial charge in [0, 0.05) is 17.5 Å². The van der Waals surface area contributed by atoms with E-state index in [0.29, 0.717) is 4.47 Å². The van der Waals surface area contributed by atoms with Gasteiger partial charge >= 0.3 is 11.9 Å². The van der Waals surface area contributed by atoms with E-state index in [0.717, 1.165) is 7.11 Å². The van der Waals surface area contributed by atoms with Gasteiger partial charge in [-0.15, -0.1) is 0 Å². The average Bonchev–Trinajstić information content (AvgIpc) is 2.34. The van der Waals surface area contributed by atoms with Crippen LogP contribution in [0.3, 0.4) is 0 Å². The first-order valence-corrected chi connectivity index (χ1v) is 5.84. The highest BCUT2D eigenvalue weighted by atomic mass is 79.9. The lowest BCUT2D eigenvalue weighted by molar-refractivity contribution is -0.386. The Morgan fingerprint density at radius 1 is 1.42 bits per heavy atom. The molecule has 0 radical (unpaired) electrons. The quantitative estimate of drug-likeness (QED) is 0.476. The molecule has 0 unspecified atom stereocenters. The van der Waals surface area contributed by atoms with Gasteiger partial charge in [0.25, 0.3) is 5.69 Å². The van der Waals surface area contributed by atoms with Crippen LogP contribution in [0.4, 0.5) is 5.69 Å². The zero-order chi connectivity index (χ0) is 14.6. The number of hydrogen-bond donors (Lipinski definition) is 0. The van der Waals surface area contributed by atoms with Crippen LogP contribution in [0.25, 0.3) is 0 Å². The summed E-state index contributed by atoms with van der Waals surface area (Å²) in [7, 11) is 1.16. The van der Waals surface area contributed by atoms with Gasteiger partial charge in [-0.25, -0.2) is 4.79 Å². The van der Waals surface area contributed by atoms with Crippen LogP contribution in [0.15, 0.2) is 16.6 Å². The van der Waals surface area contributed by atoms with Crippen LogP contribution in [0.2, 0.25) is 0 Å². The predicted octanol–water partition coefficient (Wildman–Crippen LogP) is 2.21. The van der Waals surface area contributed by atoms with Crippen molar-refractivity contribution in [1.29, 1.82) is 0 Å². The van der Waals surface area contributed by atoms with Crippen LogP contribution in [0.5, 0.6) is 0 Å². The zero-order valence-electron chi connectivity index (χ0n) is 10.1. The molecule has 1 aromatic carbocycles. The first kappa shape index (κ1) is 15.1. The number of rotatable bonds is 4. The van der Waals surface area contributed by atoms with Crippen LogP contribution >= 0.6 is 15.9 Å². The van der Waals surface area contributed by atoms with Crippen LogP contribution in [0.1, 0.15) is 22.8 Å². The van der Waals surface area contributed by atoms with Gasteiger partial charge in [-0.1, -0.05) is 15.9 Å². The van der Waals surface area contributed by atoms with E-state index in [4.69, 9.17) is 4.74 Å². The Kier molecular flexibility index (Phi) is 4.99. The lowest BCUT2D eigenvalue weighted by Gasteiger charge is -2.09. The molecule has 0 saturated heterocycles. The molecule has 0 aliphatic rings. The number of carbonyl (C=O) groups is 2. The lowest BCUT2D eigenvalue weighted by Crippen LogP contribution is -2.11. The van der Waals surface area contributed by atoms with Gasteiger partial charge in [0.1, 0.15) is 6.61 Å². The molecule has 1 aromatic rings. The molecule has 19 heavy (non-hydrogen) atoms. The second-order valence-electron chi connectivity index (χ2n) is 3.48. The molecule has 0 heterocycles. The standard InChI is InChI=1S/C11H10BrNO6/c1-6(14)19-5-9-8(11(15)18-2)3-7(12)4-10(9)13(16)17/h3-4H,5H2,1-2H3. The first-order valence-electron chi connectivity index (χ1n) is 5.05. The second kappa shape index (κ2) is 6.28. The monoisotopic (exact) mass is 331 g/mol. The molecule has 7 nitrogen and oxygen atoms in total. The molecule has 1 rings (SSSR count). The van der Waals surface area contributed by atoms with Crippen molar-refractivity contribution < 1.29 is 24.0 Å². The SMILES string of the molecule is COC(=O)c1cc(Br)cc([N+](=O)[O-])c1COC(C)=O. The largest absolute Gasteiger partial charge is 0.465 e. The van der Waals surface area contributed by atoms with Crippen molar-refractivity contribution >= 4 is 33.6 Å². The van der Waals surface area contributed by atoms with Gasteiger partial charge in [-0.05, 0) is 6.07 Å². The number of methoxy groups -OCH3 is 1. The molecule has 0 bridgehead atoms. The molecule has 0 saturated carbocycles. The number of nitrogens with zero attached hydrogens (tertiary/aromatic N) is 1. The third-order valence-corrected chi connectivity index (χ3v) is 2.67. The number of ether oxygens (including phenoxy) is 2. The summed E-state index contributed by atoms with van der Waals surface area (Å²) in [5.41, 5.74) is -0.351. The lowest BCUT2D eigenvalue weighted by atomic mass is 10.1. The highest BCUT2D eigenvalue weighted by Crippen LogP contribution is 2.29. The molecular weight excluding hydrogens is 322 g/mol. The molecule has 102 valence electrons. The van der Waals surface area contributed by atoms with Gasteiger partial charge in [0.05, 0.1) is 23.2 Å². The number of benzene rings is 1. The molecule has 0 aliphatic carbocycles. The Hall–Kier alpha value is -1.96. The fourth-order valence-corrected chi connectivity index (χ4v) is 1.85. The van der Waals surface area contributed by atoms with Gasteiger partial charge in [-0.2, -0.15) is 0 Å². The number of nitro benzene ring substituents is 1. The summed E-state index contributed by atoms with van der Waals surface area (Å²) in [4.78, 5) is 32.7. The smallest absolute Gasteiger partial charge is 0.338 e.